The van der Waals surface area contributed by atoms with Gasteiger partial charge in [-0.25, -0.2) is 0 Å². The number of likely N-dealkylation sites (tertiary alicyclic amines) is 1. The maximum atomic E-state index is 3.69. The van der Waals surface area contributed by atoms with Crippen molar-refractivity contribution < 1.29 is 0 Å². The van der Waals surface area contributed by atoms with Crippen molar-refractivity contribution in [3.05, 3.63) is 35.4 Å². The van der Waals surface area contributed by atoms with E-state index in [2.05, 4.69) is 55.3 Å². The summed E-state index contributed by atoms with van der Waals surface area (Å²) < 4.78 is 0. The van der Waals surface area contributed by atoms with E-state index in [0.717, 1.165) is 12.6 Å². The van der Waals surface area contributed by atoms with Crippen molar-refractivity contribution in [2.45, 2.75) is 45.7 Å². The van der Waals surface area contributed by atoms with Crippen LogP contribution in [0.15, 0.2) is 24.3 Å². The first-order chi connectivity index (χ1) is 8.70. The van der Waals surface area contributed by atoms with Crippen molar-refractivity contribution in [2.75, 3.05) is 19.6 Å². The van der Waals surface area contributed by atoms with Crippen LogP contribution in [-0.2, 0) is 0 Å². The van der Waals surface area contributed by atoms with E-state index in [-0.39, 0.29) is 0 Å². The van der Waals surface area contributed by atoms with E-state index in [0.29, 0.717) is 6.04 Å². The van der Waals surface area contributed by atoms with Crippen LogP contribution in [0.4, 0.5) is 0 Å². The molecule has 1 aliphatic heterocycles. The Morgan fingerprint density at radius 3 is 3.00 bits per heavy atom. The molecule has 0 bridgehead atoms. The molecule has 1 saturated heterocycles. The topological polar surface area (TPSA) is 15.3 Å². The molecule has 1 aromatic carbocycles. The molecule has 0 aromatic heterocycles. The van der Waals surface area contributed by atoms with Gasteiger partial charge in [0.15, 0.2) is 0 Å². The van der Waals surface area contributed by atoms with Gasteiger partial charge in [0, 0.05) is 18.6 Å². The molecule has 2 unspecified atom stereocenters. The molecule has 1 aromatic rings. The predicted molar refractivity (Wildman–Crippen MR) is 77.9 cm³/mol. The Morgan fingerprint density at radius 2 is 2.28 bits per heavy atom. The Bertz CT molecular complexity index is 375. The Hall–Kier alpha value is -0.860. The van der Waals surface area contributed by atoms with Crippen LogP contribution in [0.5, 0.6) is 0 Å². The van der Waals surface area contributed by atoms with Gasteiger partial charge in [-0.15, -0.1) is 0 Å². The van der Waals surface area contributed by atoms with Crippen molar-refractivity contribution in [3.8, 4) is 0 Å². The van der Waals surface area contributed by atoms with Gasteiger partial charge in [0.1, 0.15) is 0 Å². The monoisotopic (exact) mass is 246 g/mol. The fraction of sp³-hybridized carbons (Fsp3) is 0.625. The molecule has 18 heavy (non-hydrogen) atoms. The summed E-state index contributed by atoms with van der Waals surface area (Å²) in [6.07, 6.45) is 2.71. The molecular formula is C16H26N2. The first-order valence-corrected chi connectivity index (χ1v) is 7.24. The molecular weight excluding hydrogens is 220 g/mol. The number of hydrogen-bond acceptors (Lipinski definition) is 2. The van der Waals surface area contributed by atoms with Crippen LogP contribution < -0.4 is 5.32 Å². The summed E-state index contributed by atoms with van der Waals surface area (Å²) in [5, 5.41) is 3.69. The largest absolute Gasteiger partial charge is 0.309 e. The van der Waals surface area contributed by atoms with Crippen LogP contribution in [0.1, 0.15) is 43.9 Å². The number of rotatable bonds is 5. The van der Waals surface area contributed by atoms with E-state index in [1.54, 1.807) is 0 Å². The predicted octanol–water partition coefficient (Wildman–Crippen LogP) is 3.13. The minimum atomic E-state index is 0.448. The summed E-state index contributed by atoms with van der Waals surface area (Å²) in [4.78, 5) is 2.59. The maximum absolute atomic E-state index is 3.69. The molecule has 100 valence electrons. The number of hydrogen-bond donors (Lipinski definition) is 1. The fourth-order valence-corrected chi connectivity index (χ4v) is 2.91. The van der Waals surface area contributed by atoms with Crippen LogP contribution in [-0.4, -0.2) is 30.6 Å². The van der Waals surface area contributed by atoms with E-state index in [1.165, 1.54) is 37.1 Å². The van der Waals surface area contributed by atoms with Gasteiger partial charge in [0.2, 0.25) is 0 Å². The second-order valence-corrected chi connectivity index (χ2v) is 5.47. The molecule has 1 heterocycles. The van der Waals surface area contributed by atoms with Crippen LogP contribution in [0.25, 0.3) is 0 Å². The molecule has 0 saturated carbocycles. The first-order valence-electron chi connectivity index (χ1n) is 7.24. The summed E-state index contributed by atoms with van der Waals surface area (Å²) >= 11 is 0. The molecule has 0 spiro atoms. The van der Waals surface area contributed by atoms with Crippen molar-refractivity contribution in [1.29, 1.82) is 0 Å². The Labute approximate surface area is 111 Å². The van der Waals surface area contributed by atoms with Crippen LogP contribution in [0.3, 0.4) is 0 Å². The lowest BCUT2D eigenvalue weighted by molar-refractivity contribution is 0.255. The third-order valence-electron chi connectivity index (χ3n) is 4.11. The molecule has 2 nitrogen and oxygen atoms in total. The zero-order valence-electron chi connectivity index (χ0n) is 11.9. The highest BCUT2D eigenvalue weighted by Gasteiger charge is 2.22. The highest BCUT2D eigenvalue weighted by atomic mass is 15.2. The fourth-order valence-electron chi connectivity index (χ4n) is 2.91. The van der Waals surface area contributed by atoms with Crippen molar-refractivity contribution in [3.63, 3.8) is 0 Å². The van der Waals surface area contributed by atoms with Crippen molar-refractivity contribution in [2.24, 2.45) is 0 Å². The van der Waals surface area contributed by atoms with E-state index < -0.39 is 0 Å². The lowest BCUT2D eigenvalue weighted by atomic mass is 10.1. The average Bonchev–Trinajstić information content (AvgIpc) is 2.83. The minimum Gasteiger partial charge on any atom is -0.309 e. The van der Waals surface area contributed by atoms with Gasteiger partial charge in [-0.1, -0.05) is 36.8 Å². The minimum absolute atomic E-state index is 0.448. The normalized spacial score (nSPS) is 22.3. The Balaban J connectivity index is 1.86. The van der Waals surface area contributed by atoms with E-state index in [1.807, 2.05) is 0 Å². The lowest BCUT2D eigenvalue weighted by Gasteiger charge is -2.25. The van der Waals surface area contributed by atoms with Gasteiger partial charge in [-0.2, -0.15) is 0 Å². The first kappa shape index (κ1) is 13.6. The molecule has 0 amide bonds. The molecule has 0 radical (unpaired) electrons. The van der Waals surface area contributed by atoms with E-state index >= 15 is 0 Å². The Kier molecular flexibility index (Phi) is 4.79. The van der Waals surface area contributed by atoms with Gasteiger partial charge in [0.25, 0.3) is 0 Å². The number of benzene rings is 1. The SMILES string of the molecule is CCN1CCCC1CNC(C)c1cccc(C)c1. The van der Waals surface area contributed by atoms with Crippen LogP contribution in [0.2, 0.25) is 0 Å². The molecule has 0 aliphatic carbocycles. The quantitative estimate of drug-likeness (QED) is 0.858. The summed E-state index contributed by atoms with van der Waals surface area (Å²) in [5.74, 6) is 0. The highest BCUT2D eigenvalue weighted by Crippen LogP contribution is 2.18. The Morgan fingerprint density at radius 1 is 1.44 bits per heavy atom. The summed E-state index contributed by atoms with van der Waals surface area (Å²) in [6, 6.07) is 10.00. The van der Waals surface area contributed by atoms with E-state index in [4.69, 9.17) is 0 Å². The number of aryl methyl sites for hydroxylation is 1. The van der Waals surface area contributed by atoms with Crippen molar-refractivity contribution in [1.82, 2.24) is 10.2 Å². The smallest absolute Gasteiger partial charge is 0.0292 e. The third-order valence-corrected chi connectivity index (χ3v) is 4.11. The molecule has 1 N–H and O–H groups in total. The lowest BCUT2D eigenvalue weighted by Crippen LogP contribution is -2.38. The molecule has 2 atom stereocenters. The van der Waals surface area contributed by atoms with Gasteiger partial charge >= 0.3 is 0 Å². The highest BCUT2D eigenvalue weighted by molar-refractivity contribution is 5.24. The van der Waals surface area contributed by atoms with E-state index in [9.17, 15) is 0 Å². The second kappa shape index (κ2) is 6.35. The molecule has 1 fully saturated rings. The number of nitrogens with one attached hydrogen (secondary N) is 1. The molecule has 1 aliphatic rings. The van der Waals surface area contributed by atoms with Crippen LogP contribution in [0, 0.1) is 6.92 Å². The third kappa shape index (κ3) is 3.33. The zero-order valence-corrected chi connectivity index (χ0v) is 11.9. The average molecular weight is 246 g/mol. The van der Waals surface area contributed by atoms with Crippen molar-refractivity contribution >= 4 is 0 Å². The van der Waals surface area contributed by atoms with Gasteiger partial charge in [-0.3, -0.25) is 4.90 Å². The zero-order chi connectivity index (χ0) is 13.0. The number of likely N-dealkylation sites (N-methyl/N-ethyl adjacent to an activating group) is 1. The summed E-state index contributed by atoms with van der Waals surface area (Å²) in [5.41, 5.74) is 2.74. The standard InChI is InChI=1S/C16H26N2/c1-4-18-10-6-9-16(18)12-17-14(3)15-8-5-7-13(2)11-15/h5,7-8,11,14,16-17H,4,6,9-10,12H2,1-3H3. The molecule has 2 rings (SSSR count). The van der Waals surface area contributed by atoms with Gasteiger partial charge < -0.3 is 5.32 Å². The van der Waals surface area contributed by atoms with Crippen LogP contribution >= 0.6 is 0 Å². The number of nitrogens with zero attached hydrogens (tertiary/aromatic N) is 1. The van der Waals surface area contributed by atoms with Gasteiger partial charge in [-0.05, 0) is 45.3 Å². The second-order valence-electron chi connectivity index (χ2n) is 5.47. The summed E-state index contributed by atoms with van der Waals surface area (Å²) in [6.45, 7) is 10.3. The molecule has 2 heteroatoms. The summed E-state index contributed by atoms with van der Waals surface area (Å²) in [7, 11) is 0. The van der Waals surface area contributed by atoms with Gasteiger partial charge in [0.05, 0.1) is 0 Å². The maximum Gasteiger partial charge on any atom is 0.0292 e.